The zero-order valence-electron chi connectivity index (χ0n) is 21.0. The summed E-state index contributed by atoms with van der Waals surface area (Å²) in [4.78, 5) is 30.4. The van der Waals surface area contributed by atoms with Gasteiger partial charge in [0.2, 0.25) is 5.91 Å². The first kappa shape index (κ1) is 24.2. The molecule has 0 radical (unpaired) electrons. The van der Waals surface area contributed by atoms with Gasteiger partial charge in [-0.3, -0.25) is 24.8 Å². The molecule has 6 aromatic rings. The summed E-state index contributed by atoms with van der Waals surface area (Å²) >= 11 is 0. The average molecular weight is 523 g/mol. The van der Waals surface area contributed by atoms with Gasteiger partial charge in [-0.05, 0) is 50.0 Å². The van der Waals surface area contributed by atoms with Crippen LogP contribution in [-0.2, 0) is 4.79 Å². The number of aromatic hydroxyl groups is 1. The highest BCUT2D eigenvalue weighted by Gasteiger charge is 2.16. The van der Waals surface area contributed by atoms with E-state index >= 15 is 0 Å². The van der Waals surface area contributed by atoms with Crippen molar-refractivity contribution in [1.29, 1.82) is 0 Å². The first-order chi connectivity index (χ1) is 18.8. The largest absolute Gasteiger partial charge is 0.508 e. The molecule has 0 aliphatic heterocycles. The van der Waals surface area contributed by atoms with Gasteiger partial charge in [-0.25, -0.2) is 4.39 Å². The number of anilines is 1. The van der Waals surface area contributed by atoms with E-state index in [-0.39, 0.29) is 18.2 Å². The number of aromatic nitrogens is 6. The molecule has 0 fully saturated rings. The first-order valence-electron chi connectivity index (χ1n) is 12.1. The van der Waals surface area contributed by atoms with E-state index in [9.17, 15) is 14.3 Å². The number of H-pyrrole nitrogens is 2. The van der Waals surface area contributed by atoms with Crippen LogP contribution in [0.5, 0.6) is 5.75 Å². The number of pyridine rings is 3. The van der Waals surface area contributed by atoms with Crippen LogP contribution in [0.15, 0.2) is 67.4 Å². The van der Waals surface area contributed by atoms with Gasteiger partial charge in [0.1, 0.15) is 17.3 Å². The highest BCUT2D eigenvalue weighted by molar-refractivity contribution is 6.01. The molecular weight excluding hydrogens is 499 g/mol. The number of rotatable bonds is 6. The number of fused-ring (bicyclic) bond motifs is 2. The zero-order chi connectivity index (χ0) is 27.1. The molecule has 39 heavy (non-hydrogen) atoms. The molecule has 0 bridgehead atoms. The molecule has 5 heterocycles. The highest BCUT2D eigenvalue weighted by Crippen LogP contribution is 2.35. The van der Waals surface area contributed by atoms with Crippen LogP contribution in [0.1, 0.15) is 0 Å². The molecule has 0 spiro atoms. The lowest BCUT2D eigenvalue weighted by Crippen LogP contribution is -2.27. The van der Waals surface area contributed by atoms with E-state index in [2.05, 4.69) is 35.5 Å². The number of nitrogens with one attached hydrogen (secondary N) is 3. The van der Waals surface area contributed by atoms with Gasteiger partial charge < -0.3 is 20.3 Å². The predicted octanol–water partition coefficient (Wildman–Crippen LogP) is 4.58. The number of halogens is 1. The summed E-state index contributed by atoms with van der Waals surface area (Å²) in [6, 6.07) is 9.57. The van der Waals surface area contributed by atoms with Crippen LogP contribution >= 0.6 is 0 Å². The summed E-state index contributed by atoms with van der Waals surface area (Å²) < 4.78 is 14.0. The molecule has 0 aliphatic rings. The Bertz CT molecular complexity index is 1840. The van der Waals surface area contributed by atoms with Crippen molar-refractivity contribution in [2.75, 3.05) is 26.0 Å². The summed E-state index contributed by atoms with van der Waals surface area (Å²) in [5.74, 6) is -0.834. The molecular formula is C28H23FN8O2. The summed E-state index contributed by atoms with van der Waals surface area (Å²) in [7, 11) is 3.65. The second-order valence-electron chi connectivity index (χ2n) is 9.47. The van der Waals surface area contributed by atoms with Crippen molar-refractivity contribution in [3.63, 3.8) is 0 Å². The molecule has 0 aliphatic carbocycles. The number of aromatic amines is 2. The molecule has 0 saturated carbocycles. The molecule has 1 amide bonds. The zero-order valence-corrected chi connectivity index (χ0v) is 21.0. The molecule has 1 aromatic carbocycles. The maximum Gasteiger partial charge on any atom is 0.238 e. The quantitative estimate of drug-likeness (QED) is 0.251. The summed E-state index contributed by atoms with van der Waals surface area (Å²) in [6.45, 7) is 0.259. The smallest absolute Gasteiger partial charge is 0.238 e. The van der Waals surface area contributed by atoms with E-state index in [0.29, 0.717) is 28.2 Å². The molecule has 11 heteroatoms. The fourth-order valence-corrected chi connectivity index (χ4v) is 4.55. The second kappa shape index (κ2) is 9.62. The third kappa shape index (κ3) is 4.78. The Morgan fingerprint density at radius 2 is 1.79 bits per heavy atom. The number of carbonyl (C=O) groups excluding carboxylic acids is 1. The van der Waals surface area contributed by atoms with Crippen molar-refractivity contribution < 1.29 is 14.3 Å². The number of amides is 1. The minimum atomic E-state index is -0.535. The Labute approximate surface area is 221 Å². The number of nitrogens with zero attached hydrogens (tertiary/aromatic N) is 5. The monoisotopic (exact) mass is 522 g/mol. The average Bonchev–Trinajstić information content (AvgIpc) is 3.51. The summed E-state index contributed by atoms with van der Waals surface area (Å²) in [5, 5.41) is 21.9. The van der Waals surface area contributed by atoms with Gasteiger partial charge in [0, 0.05) is 40.4 Å². The van der Waals surface area contributed by atoms with Gasteiger partial charge in [-0.2, -0.15) is 5.10 Å². The van der Waals surface area contributed by atoms with Crippen LogP contribution in [0.3, 0.4) is 0 Å². The van der Waals surface area contributed by atoms with Gasteiger partial charge in [0.05, 0.1) is 53.2 Å². The number of hydrogen-bond acceptors (Lipinski definition) is 7. The van der Waals surface area contributed by atoms with Crippen molar-refractivity contribution in [2.24, 2.45) is 0 Å². The Morgan fingerprint density at radius 3 is 2.62 bits per heavy atom. The van der Waals surface area contributed by atoms with Crippen LogP contribution in [0.25, 0.3) is 55.6 Å². The fourth-order valence-electron chi connectivity index (χ4n) is 4.55. The van der Waals surface area contributed by atoms with Gasteiger partial charge in [-0.1, -0.05) is 0 Å². The number of carbonyl (C=O) groups is 1. The topological polar surface area (TPSA) is 136 Å². The third-order valence-corrected chi connectivity index (χ3v) is 6.22. The number of phenolic OH excluding ortho intramolecular Hbond substituents is 1. The van der Waals surface area contributed by atoms with Crippen LogP contribution in [-0.4, -0.2) is 66.7 Å². The van der Waals surface area contributed by atoms with E-state index in [1.807, 2.05) is 32.3 Å². The standard InChI is InChI=1S/C28H23FN8O2/c1-37(2)14-27(39)33-18-4-16(9-30-10-18)23-8-21-26(13-32-23)35-36-28(21)24-7-20-22(11-31-12-25(20)34-24)15-3-17(29)6-19(38)5-15/h3-13,34,38H,14H2,1-2H3,(H,33,39)(H,35,36). The normalized spacial score (nSPS) is 11.5. The SMILES string of the molecule is CN(C)CC(=O)Nc1cncc(-c2cc3c(-c4cc5c(-c6cc(O)cc(F)c6)cncc5[nH]4)n[nH]c3cn2)c1. The van der Waals surface area contributed by atoms with Crippen molar-refractivity contribution in [3.8, 4) is 39.5 Å². The van der Waals surface area contributed by atoms with Crippen molar-refractivity contribution in [2.45, 2.75) is 0 Å². The Hall–Kier alpha value is -5.16. The molecule has 0 saturated heterocycles. The molecule has 5 aromatic heterocycles. The van der Waals surface area contributed by atoms with E-state index in [0.717, 1.165) is 39.1 Å². The van der Waals surface area contributed by atoms with E-state index in [1.165, 1.54) is 12.1 Å². The van der Waals surface area contributed by atoms with E-state index in [4.69, 9.17) is 0 Å². The predicted molar refractivity (Wildman–Crippen MR) is 146 cm³/mol. The minimum Gasteiger partial charge on any atom is -0.508 e. The molecule has 4 N–H and O–H groups in total. The molecule has 10 nitrogen and oxygen atoms in total. The third-order valence-electron chi connectivity index (χ3n) is 6.22. The first-order valence-corrected chi connectivity index (χ1v) is 12.1. The molecule has 6 rings (SSSR count). The van der Waals surface area contributed by atoms with Crippen LogP contribution in [0.2, 0.25) is 0 Å². The van der Waals surface area contributed by atoms with Gasteiger partial charge in [0.15, 0.2) is 0 Å². The Kier molecular flexibility index (Phi) is 5.97. The Morgan fingerprint density at radius 1 is 0.949 bits per heavy atom. The lowest BCUT2D eigenvalue weighted by atomic mass is 10.0. The molecule has 0 unspecified atom stereocenters. The van der Waals surface area contributed by atoms with Crippen LogP contribution in [0.4, 0.5) is 10.1 Å². The molecule has 0 atom stereocenters. The van der Waals surface area contributed by atoms with Crippen molar-refractivity contribution >= 4 is 33.4 Å². The van der Waals surface area contributed by atoms with Crippen LogP contribution < -0.4 is 5.32 Å². The van der Waals surface area contributed by atoms with Gasteiger partial charge >= 0.3 is 0 Å². The van der Waals surface area contributed by atoms with E-state index < -0.39 is 5.82 Å². The Balaban J connectivity index is 1.39. The van der Waals surface area contributed by atoms with E-state index in [1.54, 1.807) is 35.9 Å². The molecule has 194 valence electrons. The number of phenols is 1. The lowest BCUT2D eigenvalue weighted by Gasteiger charge is -2.10. The summed E-state index contributed by atoms with van der Waals surface area (Å²) in [5.41, 5.74) is 6.04. The van der Waals surface area contributed by atoms with Crippen molar-refractivity contribution in [3.05, 3.63) is 73.2 Å². The number of likely N-dealkylation sites (N-methyl/N-ethyl adjacent to an activating group) is 1. The number of benzene rings is 1. The fraction of sp³-hybridized carbons (Fsp3) is 0.107. The maximum absolute atomic E-state index is 14.0. The number of hydrogen-bond donors (Lipinski definition) is 4. The maximum atomic E-state index is 14.0. The van der Waals surface area contributed by atoms with Gasteiger partial charge in [-0.15, -0.1) is 0 Å². The van der Waals surface area contributed by atoms with Gasteiger partial charge in [0.25, 0.3) is 0 Å². The summed E-state index contributed by atoms with van der Waals surface area (Å²) in [6.07, 6.45) is 8.29. The lowest BCUT2D eigenvalue weighted by molar-refractivity contribution is -0.116. The van der Waals surface area contributed by atoms with Crippen molar-refractivity contribution in [1.82, 2.24) is 35.0 Å². The minimum absolute atomic E-state index is 0.138. The van der Waals surface area contributed by atoms with Crippen LogP contribution in [0, 0.1) is 5.82 Å². The highest BCUT2D eigenvalue weighted by atomic mass is 19.1. The second-order valence-corrected chi connectivity index (χ2v) is 9.47.